The zero-order valence-electron chi connectivity index (χ0n) is 30.8. The summed E-state index contributed by atoms with van der Waals surface area (Å²) in [4.78, 5) is 10.6. The Labute approximate surface area is 315 Å². The van der Waals surface area contributed by atoms with E-state index in [1.807, 2.05) is 30.3 Å². The second-order valence-corrected chi connectivity index (χ2v) is 15.8. The molecule has 6 aromatic carbocycles. The molecule has 5 heteroatoms. The summed E-state index contributed by atoms with van der Waals surface area (Å²) in [5.41, 5.74) is 12.7. The van der Waals surface area contributed by atoms with Crippen LogP contribution in [0.2, 0.25) is 0 Å². The van der Waals surface area contributed by atoms with Crippen LogP contribution in [-0.2, 0) is 16.6 Å². The van der Waals surface area contributed by atoms with Crippen molar-refractivity contribution in [2.75, 3.05) is 0 Å². The van der Waals surface area contributed by atoms with Crippen molar-refractivity contribution in [3.05, 3.63) is 167 Å². The minimum Gasteiger partial charge on any atom is -0.507 e. The molecule has 0 saturated heterocycles. The number of nitrogens with zero attached hydrogens (tertiary/aromatic N) is 3. The summed E-state index contributed by atoms with van der Waals surface area (Å²) >= 11 is 0. The van der Waals surface area contributed by atoms with Crippen molar-refractivity contribution >= 4 is 33.3 Å². The van der Waals surface area contributed by atoms with Gasteiger partial charge in [0, 0.05) is 28.5 Å². The van der Waals surface area contributed by atoms with Gasteiger partial charge in [0.2, 0.25) is 5.90 Å². The minimum absolute atomic E-state index is 0.0315. The van der Waals surface area contributed by atoms with Crippen LogP contribution in [0.3, 0.4) is 0 Å². The predicted octanol–water partition coefficient (Wildman–Crippen LogP) is 11.7. The third-order valence-corrected chi connectivity index (χ3v) is 11.3. The molecular formula is C49H41N3O2. The molecule has 3 aliphatic rings. The molecule has 10 rings (SSSR count). The number of phenols is 1. The number of aromatic hydroxyl groups is 1. The van der Waals surface area contributed by atoms with E-state index in [0.717, 1.165) is 69.0 Å². The van der Waals surface area contributed by atoms with Gasteiger partial charge < -0.3 is 9.84 Å². The Balaban J connectivity index is 1.18. The quantitative estimate of drug-likeness (QED) is 0.194. The molecule has 1 aliphatic heterocycles. The van der Waals surface area contributed by atoms with E-state index in [2.05, 4.69) is 135 Å². The molecule has 0 spiro atoms. The Bertz CT molecular complexity index is 2740. The van der Waals surface area contributed by atoms with E-state index in [0.29, 0.717) is 17.3 Å². The van der Waals surface area contributed by atoms with Crippen LogP contribution >= 0.6 is 0 Å². The molecule has 0 saturated carbocycles. The van der Waals surface area contributed by atoms with Gasteiger partial charge >= 0.3 is 0 Å². The largest absolute Gasteiger partial charge is 0.507 e. The number of hydrogen-bond acceptors (Lipinski definition) is 4. The highest BCUT2D eigenvalue weighted by Crippen LogP contribution is 2.44. The van der Waals surface area contributed by atoms with E-state index in [9.17, 15) is 5.11 Å². The van der Waals surface area contributed by atoms with Crippen molar-refractivity contribution in [1.29, 1.82) is 0 Å². The van der Waals surface area contributed by atoms with Crippen LogP contribution in [0.25, 0.3) is 55.6 Å². The van der Waals surface area contributed by atoms with Crippen molar-refractivity contribution in [3.8, 4) is 34.0 Å². The maximum absolute atomic E-state index is 11.9. The van der Waals surface area contributed by atoms with Gasteiger partial charge in [-0.25, -0.2) is 9.98 Å². The molecule has 0 amide bonds. The van der Waals surface area contributed by atoms with Gasteiger partial charge in [-0.1, -0.05) is 124 Å². The number of fused-ring (bicyclic) bond motifs is 5. The molecule has 54 heavy (non-hydrogen) atoms. The number of hydrogen-bond donors (Lipinski definition) is 1. The number of aromatic nitrogens is 2. The smallest absolute Gasteiger partial charge is 0.217 e. The monoisotopic (exact) mass is 703 g/mol. The maximum atomic E-state index is 11.9. The lowest BCUT2D eigenvalue weighted by Gasteiger charge is -2.23. The number of para-hydroxylation sites is 1. The molecule has 2 aliphatic carbocycles. The van der Waals surface area contributed by atoms with Gasteiger partial charge in [-0.2, -0.15) is 0 Å². The molecule has 0 unspecified atom stereocenters. The molecule has 0 fully saturated rings. The lowest BCUT2D eigenvalue weighted by atomic mass is 9.84. The molecule has 2 heterocycles. The number of imidazole rings is 1. The molecule has 0 radical (unpaired) electrons. The summed E-state index contributed by atoms with van der Waals surface area (Å²) in [7, 11) is 0. The number of rotatable bonds is 5. The second kappa shape index (κ2) is 12.4. The SMILES string of the molecule is CC(C)(C)c1ccc(-n2c(-c3ccc4ccccc4c3O)nc3c(-c4cccc(C5=N[C@H]6c7ccccc7C[C@H]6O5)c4)cccc32)c(C2=CCCC=C2)c1. The first kappa shape index (κ1) is 32.5. The molecule has 0 bridgehead atoms. The van der Waals surface area contributed by atoms with Gasteiger partial charge in [0.15, 0.2) is 0 Å². The number of ether oxygens (including phenoxy) is 1. The topological polar surface area (TPSA) is 59.6 Å². The molecule has 1 aromatic heterocycles. The summed E-state index contributed by atoms with van der Waals surface area (Å²) < 4.78 is 8.77. The maximum Gasteiger partial charge on any atom is 0.217 e. The van der Waals surface area contributed by atoms with Crippen LogP contribution in [0.5, 0.6) is 5.75 Å². The van der Waals surface area contributed by atoms with E-state index < -0.39 is 0 Å². The average molecular weight is 704 g/mol. The number of phenolic OH excluding ortho intramolecular Hbond substituents is 1. The fourth-order valence-corrected chi connectivity index (χ4v) is 8.49. The summed E-state index contributed by atoms with van der Waals surface area (Å²) in [5.74, 6) is 1.61. The van der Waals surface area contributed by atoms with E-state index in [1.54, 1.807) is 0 Å². The summed E-state index contributed by atoms with van der Waals surface area (Å²) in [6.07, 6.45) is 9.80. The Hall–Kier alpha value is -6.20. The number of aliphatic imine (C=N–C) groups is 1. The van der Waals surface area contributed by atoms with Crippen LogP contribution in [0.1, 0.15) is 67.5 Å². The third-order valence-electron chi connectivity index (χ3n) is 11.3. The lowest BCUT2D eigenvalue weighted by molar-refractivity contribution is 0.206. The van der Waals surface area contributed by atoms with Crippen molar-refractivity contribution in [1.82, 2.24) is 9.55 Å². The molecule has 5 nitrogen and oxygen atoms in total. The first-order chi connectivity index (χ1) is 26.3. The Morgan fingerprint density at radius 2 is 1.59 bits per heavy atom. The third kappa shape index (κ3) is 5.29. The molecule has 2 atom stereocenters. The summed E-state index contributed by atoms with van der Waals surface area (Å²) in [6, 6.07) is 42.3. The van der Waals surface area contributed by atoms with E-state index in [4.69, 9.17) is 14.7 Å². The minimum atomic E-state index is -0.0315. The molecule has 264 valence electrons. The van der Waals surface area contributed by atoms with Gasteiger partial charge in [-0.05, 0) is 87.9 Å². The summed E-state index contributed by atoms with van der Waals surface area (Å²) in [5, 5.41) is 13.7. The number of allylic oxidation sites excluding steroid dienone is 4. The number of benzene rings is 6. The first-order valence-electron chi connectivity index (χ1n) is 19.0. The van der Waals surface area contributed by atoms with Gasteiger partial charge in [0.25, 0.3) is 0 Å². The highest BCUT2D eigenvalue weighted by molar-refractivity contribution is 6.01. The van der Waals surface area contributed by atoms with Crippen molar-refractivity contribution in [2.45, 2.75) is 57.6 Å². The normalized spacial score (nSPS) is 17.7. The fourth-order valence-electron chi connectivity index (χ4n) is 8.49. The van der Waals surface area contributed by atoms with Gasteiger partial charge in [0.05, 0.1) is 22.3 Å². The Kier molecular flexibility index (Phi) is 7.48. The zero-order valence-corrected chi connectivity index (χ0v) is 30.8. The van der Waals surface area contributed by atoms with E-state index >= 15 is 0 Å². The summed E-state index contributed by atoms with van der Waals surface area (Å²) in [6.45, 7) is 6.78. The molecule has 7 aromatic rings. The van der Waals surface area contributed by atoms with Gasteiger partial charge in [-0.15, -0.1) is 0 Å². The highest BCUT2D eigenvalue weighted by Gasteiger charge is 2.39. The standard InChI is InChI=1S/C49H41N3O2/c1-49(2,3)35-24-26-41(40(29-35)30-13-5-4-6-14-30)52-42-22-12-21-36(44(42)50-47(52)39-25-23-31-15-7-10-20-38(31)46(39)53)32-17-11-18-34(27-32)48-51-45-37-19-9-8-16-33(37)28-43(45)54-48/h5,7-27,29,43,45,53H,4,6,28H2,1-3H3/t43-,45+/m1/s1. The lowest BCUT2D eigenvalue weighted by Crippen LogP contribution is -2.13. The fraction of sp³-hybridized carbons (Fsp3) is 0.184. The first-order valence-corrected chi connectivity index (χ1v) is 19.0. The van der Waals surface area contributed by atoms with Crippen molar-refractivity contribution in [3.63, 3.8) is 0 Å². The van der Waals surface area contributed by atoms with Crippen LogP contribution in [0.4, 0.5) is 0 Å². The predicted molar refractivity (Wildman–Crippen MR) is 220 cm³/mol. The average Bonchev–Trinajstić information content (AvgIpc) is 3.89. The Morgan fingerprint density at radius 3 is 2.46 bits per heavy atom. The zero-order chi connectivity index (χ0) is 36.6. The highest BCUT2D eigenvalue weighted by atomic mass is 16.5. The van der Waals surface area contributed by atoms with Crippen LogP contribution in [0, 0.1) is 0 Å². The van der Waals surface area contributed by atoms with Crippen LogP contribution in [-0.4, -0.2) is 26.7 Å². The van der Waals surface area contributed by atoms with E-state index in [-0.39, 0.29) is 23.3 Å². The van der Waals surface area contributed by atoms with Crippen LogP contribution < -0.4 is 0 Å². The van der Waals surface area contributed by atoms with Crippen molar-refractivity contribution in [2.24, 2.45) is 4.99 Å². The Morgan fingerprint density at radius 1 is 0.759 bits per heavy atom. The molecule has 1 N–H and O–H groups in total. The van der Waals surface area contributed by atoms with Crippen molar-refractivity contribution < 1.29 is 9.84 Å². The van der Waals surface area contributed by atoms with Gasteiger partial charge in [0.1, 0.15) is 23.7 Å². The van der Waals surface area contributed by atoms with Gasteiger partial charge in [-0.3, -0.25) is 4.57 Å². The van der Waals surface area contributed by atoms with Crippen LogP contribution in [0.15, 0.2) is 145 Å². The van der Waals surface area contributed by atoms with E-state index in [1.165, 1.54) is 22.3 Å². The molecular weight excluding hydrogens is 663 g/mol. The second-order valence-electron chi connectivity index (χ2n) is 15.8.